The van der Waals surface area contributed by atoms with Gasteiger partial charge in [0.15, 0.2) is 0 Å². The number of hydrogen-bond donors (Lipinski definition) is 7. The van der Waals surface area contributed by atoms with Gasteiger partial charge in [-0.2, -0.15) is 0 Å². The number of H-pyrrole nitrogens is 3. The Morgan fingerprint density at radius 3 is 1.88 bits per heavy atom. The SMILES string of the molecule is C=Cc1ccc([N+](=O)[O-])c2[nH]cc(CC(N)C(=O)O)c12.C=Cc1cccc2[nH]cc(CC(N)C(=O)O)c12.C=Cc1cccc2[nH]ccc12. The van der Waals surface area contributed by atoms with Gasteiger partial charge in [0.25, 0.3) is 5.69 Å². The van der Waals surface area contributed by atoms with Crippen LogP contribution in [0.3, 0.4) is 0 Å². The van der Waals surface area contributed by atoms with E-state index in [-0.39, 0.29) is 12.1 Å². The Kier molecular flexibility index (Phi) is 11.1. The first-order valence-corrected chi connectivity index (χ1v) is 14.8. The van der Waals surface area contributed by atoms with Gasteiger partial charge in [-0.25, -0.2) is 0 Å². The number of non-ortho nitro benzene ring substituents is 1. The number of carbonyl (C=O) groups is 2. The predicted octanol–water partition coefficient (Wildman–Crippen LogP) is 6.25. The highest BCUT2D eigenvalue weighted by atomic mass is 16.6. The summed E-state index contributed by atoms with van der Waals surface area (Å²) < 4.78 is 0. The molecular formula is C36H36N6O6. The lowest BCUT2D eigenvalue weighted by Crippen LogP contribution is -2.32. The number of fused-ring (bicyclic) bond motifs is 3. The Bertz CT molecular complexity index is 2140. The topological polar surface area (TPSA) is 217 Å². The number of nitro benzene ring substituents is 1. The molecule has 0 saturated carbocycles. The number of carboxylic acids is 2. The van der Waals surface area contributed by atoms with Crippen LogP contribution in [0, 0.1) is 10.1 Å². The smallest absolute Gasteiger partial charge is 0.320 e. The van der Waals surface area contributed by atoms with E-state index in [1.165, 1.54) is 22.5 Å². The molecule has 0 amide bonds. The molecule has 2 unspecified atom stereocenters. The quantitative estimate of drug-likeness (QED) is 0.0663. The Morgan fingerprint density at radius 2 is 1.29 bits per heavy atom. The van der Waals surface area contributed by atoms with Gasteiger partial charge < -0.3 is 36.6 Å². The third-order valence-corrected chi connectivity index (χ3v) is 7.75. The maximum absolute atomic E-state index is 11.0. The lowest BCUT2D eigenvalue weighted by molar-refractivity contribution is -0.383. The zero-order valence-corrected chi connectivity index (χ0v) is 26.0. The number of nitrogens with one attached hydrogen (secondary N) is 3. The van der Waals surface area contributed by atoms with Crippen LogP contribution in [0.25, 0.3) is 50.9 Å². The fourth-order valence-corrected chi connectivity index (χ4v) is 5.37. The van der Waals surface area contributed by atoms with Crippen LogP contribution in [-0.4, -0.2) is 54.1 Å². The van der Waals surface area contributed by atoms with Crippen LogP contribution in [0.4, 0.5) is 5.69 Å². The highest BCUT2D eigenvalue weighted by molar-refractivity contribution is 5.97. The molecule has 48 heavy (non-hydrogen) atoms. The van der Waals surface area contributed by atoms with E-state index in [4.69, 9.17) is 21.7 Å². The summed E-state index contributed by atoms with van der Waals surface area (Å²) in [5.74, 6) is -2.11. The van der Waals surface area contributed by atoms with E-state index in [2.05, 4.69) is 52.9 Å². The number of aromatic amines is 3. The molecule has 246 valence electrons. The Balaban J connectivity index is 0.000000169. The number of nitro groups is 1. The minimum atomic E-state index is -1.12. The number of rotatable bonds is 10. The molecule has 0 aliphatic rings. The Hall–Kier alpha value is -6.24. The lowest BCUT2D eigenvalue weighted by atomic mass is 10.0. The first kappa shape index (κ1) is 34.6. The van der Waals surface area contributed by atoms with Crippen LogP contribution in [-0.2, 0) is 22.4 Å². The van der Waals surface area contributed by atoms with Crippen LogP contribution in [0.2, 0.25) is 0 Å². The van der Waals surface area contributed by atoms with Crippen molar-refractivity contribution < 1.29 is 24.7 Å². The van der Waals surface area contributed by atoms with Crippen molar-refractivity contribution in [3.63, 3.8) is 0 Å². The zero-order chi connectivity index (χ0) is 35.0. The van der Waals surface area contributed by atoms with E-state index in [9.17, 15) is 19.7 Å². The number of aliphatic carboxylic acids is 2. The van der Waals surface area contributed by atoms with Gasteiger partial charge in [-0.05, 0) is 52.1 Å². The fourth-order valence-electron chi connectivity index (χ4n) is 5.37. The third-order valence-electron chi connectivity index (χ3n) is 7.75. The number of nitrogens with two attached hydrogens (primary N) is 2. The molecule has 12 nitrogen and oxygen atoms in total. The summed E-state index contributed by atoms with van der Waals surface area (Å²) in [6.07, 6.45) is 10.9. The summed E-state index contributed by atoms with van der Waals surface area (Å²) in [5.41, 5.74) is 17.9. The molecule has 3 aromatic heterocycles. The number of nitrogens with zero attached hydrogens (tertiary/aromatic N) is 1. The summed E-state index contributed by atoms with van der Waals surface area (Å²) in [5, 5.41) is 31.5. The average Bonchev–Trinajstić information content (AvgIpc) is 3.84. The van der Waals surface area contributed by atoms with Crippen molar-refractivity contribution in [1.82, 2.24) is 15.0 Å². The van der Waals surface area contributed by atoms with Crippen molar-refractivity contribution in [2.45, 2.75) is 24.9 Å². The van der Waals surface area contributed by atoms with Gasteiger partial charge in [0, 0.05) is 64.7 Å². The van der Waals surface area contributed by atoms with Crippen molar-refractivity contribution in [2.75, 3.05) is 0 Å². The summed E-state index contributed by atoms with van der Waals surface area (Å²) in [7, 11) is 0. The van der Waals surface area contributed by atoms with Crippen LogP contribution in [0.1, 0.15) is 27.8 Å². The summed E-state index contributed by atoms with van der Waals surface area (Å²) >= 11 is 0. The fraction of sp³-hybridized carbons (Fsp3) is 0.111. The molecular weight excluding hydrogens is 612 g/mol. The first-order chi connectivity index (χ1) is 23.0. The molecule has 3 heterocycles. The van der Waals surface area contributed by atoms with Crippen molar-refractivity contribution >= 4 is 68.6 Å². The van der Waals surface area contributed by atoms with Crippen LogP contribution >= 0.6 is 0 Å². The zero-order valence-electron chi connectivity index (χ0n) is 26.0. The van der Waals surface area contributed by atoms with Gasteiger partial charge in [-0.15, -0.1) is 0 Å². The standard InChI is InChI=1S/C13H13N3O4.C13H14N2O2.C10H9N/c1-2-7-3-4-10(16(19)20)12-11(7)8(6-15-12)5-9(14)13(17)18;1-2-8-4-3-5-11-12(8)9(7-15-11)6-10(14)13(16)17;1-2-8-4-3-5-10-9(8)6-7-11-10/h2-4,6,9,15H,1,5,14H2,(H,17,18);2-5,7,10,15H,1,6,14H2,(H,16,17);2-7,11H,1H2. The predicted molar refractivity (Wildman–Crippen MR) is 190 cm³/mol. The normalized spacial score (nSPS) is 11.9. The number of hydrogen-bond acceptors (Lipinski definition) is 6. The molecule has 2 atom stereocenters. The molecule has 3 aromatic carbocycles. The first-order valence-electron chi connectivity index (χ1n) is 14.8. The molecule has 6 aromatic rings. The monoisotopic (exact) mass is 648 g/mol. The van der Waals surface area contributed by atoms with E-state index < -0.39 is 28.9 Å². The average molecular weight is 649 g/mol. The van der Waals surface area contributed by atoms with Gasteiger partial charge in [0.2, 0.25) is 0 Å². The molecule has 6 rings (SSSR count). The molecule has 0 saturated heterocycles. The van der Waals surface area contributed by atoms with Crippen molar-refractivity contribution in [1.29, 1.82) is 0 Å². The van der Waals surface area contributed by atoms with Gasteiger partial charge in [-0.1, -0.05) is 62.2 Å². The number of benzene rings is 3. The summed E-state index contributed by atoms with van der Waals surface area (Å²) in [6, 6.07) is 15.0. The van der Waals surface area contributed by atoms with Crippen LogP contribution in [0.5, 0.6) is 0 Å². The van der Waals surface area contributed by atoms with Gasteiger partial charge in [0.05, 0.1) is 4.92 Å². The molecule has 12 heteroatoms. The molecule has 0 spiro atoms. The third kappa shape index (κ3) is 7.58. The number of aromatic nitrogens is 3. The van der Waals surface area contributed by atoms with E-state index in [0.717, 1.165) is 22.0 Å². The molecule has 0 bridgehead atoms. The molecule has 0 fully saturated rings. The second-order valence-corrected chi connectivity index (χ2v) is 10.8. The summed E-state index contributed by atoms with van der Waals surface area (Å²) in [6.45, 7) is 11.2. The Labute approximate surface area is 275 Å². The van der Waals surface area contributed by atoms with E-state index in [1.54, 1.807) is 30.6 Å². The van der Waals surface area contributed by atoms with Gasteiger partial charge >= 0.3 is 11.9 Å². The molecule has 9 N–H and O–H groups in total. The minimum absolute atomic E-state index is 0.0688. The van der Waals surface area contributed by atoms with E-state index in [0.29, 0.717) is 28.5 Å². The lowest BCUT2D eigenvalue weighted by Gasteiger charge is -2.06. The van der Waals surface area contributed by atoms with Gasteiger partial charge in [0.1, 0.15) is 17.6 Å². The maximum Gasteiger partial charge on any atom is 0.320 e. The highest BCUT2D eigenvalue weighted by Crippen LogP contribution is 2.31. The van der Waals surface area contributed by atoms with E-state index >= 15 is 0 Å². The van der Waals surface area contributed by atoms with Crippen molar-refractivity contribution in [3.8, 4) is 0 Å². The second-order valence-electron chi connectivity index (χ2n) is 10.8. The Morgan fingerprint density at radius 1 is 0.750 bits per heavy atom. The van der Waals surface area contributed by atoms with Crippen LogP contribution < -0.4 is 11.5 Å². The van der Waals surface area contributed by atoms with E-state index in [1.807, 2.05) is 36.5 Å². The van der Waals surface area contributed by atoms with Crippen molar-refractivity contribution in [2.24, 2.45) is 11.5 Å². The molecule has 0 aliphatic carbocycles. The van der Waals surface area contributed by atoms with Crippen LogP contribution in [0.15, 0.2) is 92.9 Å². The minimum Gasteiger partial charge on any atom is -0.480 e. The van der Waals surface area contributed by atoms with Crippen molar-refractivity contribution in [3.05, 3.63) is 131 Å². The maximum atomic E-state index is 11.0. The number of carboxylic acid groups (broad SMARTS) is 2. The molecule has 0 radical (unpaired) electrons. The molecule has 0 aliphatic heterocycles. The summed E-state index contributed by atoms with van der Waals surface area (Å²) in [4.78, 5) is 41.2. The second kappa shape index (κ2) is 15.4. The van der Waals surface area contributed by atoms with Gasteiger partial charge in [-0.3, -0.25) is 19.7 Å². The highest BCUT2D eigenvalue weighted by Gasteiger charge is 2.21. The largest absolute Gasteiger partial charge is 0.480 e.